The van der Waals surface area contributed by atoms with E-state index < -0.39 is 0 Å². The van der Waals surface area contributed by atoms with E-state index in [2.05, 4.69) is 5.32 Å². The third-order valence-corrected chi connectivity index (χ3v) is 4.06. The molecule has 7 heteroatoms. The lowest BCUT2D eigenvalue weighted by molar-refractivity contribution is -0.121. The molecule has 25 heavy (non-hydrogen) atoms. The van der Waals surface area contributed by atoms with Crippen LogP contribution in [0.5, 0.6) is 5.75 Å². The summed E-state index contributed by atoms with van der Waals surface area (Å²) in [5.74, 6) is 0.187. The van der Waals surface area contributed by atoms with Gasteiger partial charge in [0.2, 0.25) is 5.91 Å². The van der Waals surface area contributed by atoms with E-state index in [1.807, 2.05) is 18.2 Å². The molecule has 0 aliphatic carbocycles. The molecule has 1 N–H and O–H groups in total. The zero-order valence-corrected chi connectivity index (χ0v) is 13.9. The van der Waals surface area contributed by atoms with Crippen molar-refractivity contribution >= 4 is 34.8 Å². The van der Waals surface area contributed by atoms with Gasteiger partial charge in [0, 0.05) is 18.7 Å². The van der Waals surface area contributed by atoms with Crippen molar-refractivity contribution in [2.24, 2.45) is 0 Å². The van der Waals surface area contributed by atoms with Crippen molar-refractivity contribution < 1.29 is 14.3 Å². The minimum atomic E-state index is -0.252. The standard InChI is InChI=1S/C18H14ClN3O3/c19-14-9-13(6-5-12(14)10-20)21-17(23)7-8-22-15-3-1-2-4-16(15)25-11-18(22)24/h1-6,9H,7-8,11H2,(H,21,23). The molecule has 2 aromatic carbocycles. The molecular weight excluding hydrogens is 342 g/mol. The van der Waals surface area contributed by atoms with E-state index in [4.69, 9.17) is 21.6 Å². The third kappa shape index (κ3) is 3.73. The van der Waals surface area contributed by atoms with Gasteiger partial charge in [-0.1, -0.05) is 23.7 Å². The molecule has 1 aliphatic rings. The van der Waals surface area contributed by atoms with Gasteiger partial charge in [0.05, 0.1) is 16.3 Å². The van der Waals surface area contributed by atoms with Crippen LogP contribution in [0.2, 0.25) is 5.02 Å². The predicted octanol–water partition coefficient (Wildman–Crippen LogP) is 2.97. The molecule has 2 amide bonds. The van der Waals surface area contributed by atoms with Crippen molar-refractivity contribution in [2.75, 3.05) is 23.4 Å². The number of hydrogen-bond donors (Lipinski definition) is 1. The number of carbonyl (C=O) groups excluding carboxylic acids is 2. The SMILES string of the molecule is N#Cc1ccc(NC(=O)CCN2C(=O)COc3ccccc32)cc1Cl. The fraction of sp³-hybridized carbons (Fsp3) is 0.167. The zero-order chi connectivity index (χ0) is 17.8. The Hall–Kier alpha value is -3.04. The van der Waals surface area contributed by atoms with Crippen LogP contribution in [-0.4, -0.2) is 25.0 Å². The van der Waals surface area contributed by atoms with Crippen LogP contribution < -0.4 is 15.0 Å². The summed E-state index contributed by atoms with van der Waals surface area (Å²) in [5, 5.41) is 11.8. The van der Waals surface area contributed by atoms with Crippen LogP contribution in [0.4, 0.5) is 11.4 Å². The molecule has 0 radical (unpaired) electrons. The molecule has 6 nitrogen and oxygen atoms in total. The number of carbonyl (C=O) groups is 2. The first-order valence-corrected chi connectivity index (χ1v) is 7.98. The van der Waals surface area contributed by atoms with E-state index >= 15 is 0 Å². The third-order valence-electron chi connectivity index (χ3n) is 3.74. The largest absolute Gasteiger partial charge is 0.482 e. The van der Waals surface area contributed by atoms with Crippen molar-refractivity contribution in [3.63, 3.8) is 0 Å². The van der Waals surface area contributed by atoms with E-state index in [-0.39, 0.29) is 36.4 Å². The summed E-state index contributed by atoms with van der Waals surface area (Å²) in [7, 11) is 0. The summed E-state index contributed by atoms with van der Waals surface area (Å²) in [4.78, 5) is 25.8. The summed E-state index contributed by atoms with van der Waals surface area (Å²) in [6.45, 7) is 0.207. The zero-order valence-electron chi connectivity index (χ0n) is 13.2. The fourth-order valence-corrected chi connectivity index (χ4v) is 2.74. The summed E-state index contributed by atoms with van der Waals surface area (Å²) in [6, 6.07) is 13.8. The first-order chi connectivity index (χ1) is 12.1. The highest BCUT2D eigenvalue weighted by atomic mass is 35.5. The maximum absolute atomic E-state index is 12.2. The van der Waals surface area contributed by atoms with E-state index in [1.54, 1.807) is 29.2 Å². The van der Waals surface area contributed by atoms with Gasteiger partial charge in [0.25, 0.3) is 5.91 Å². The van der Waals surface area contributed by atoms with Crippen molar-refractivity contribution in [3.8, 4) is 11.8 Å². The average molecular weight is 356 g/mol. The summed E-state index contributed by atoms with van der Waals surface area (Å²) in [6.07, 6.45) is 0.123. The molecule has 0 saturated heterocycles. The molecule has 0 atom stereocenters. The second kappa shape index (κ2) is 7.24. The number of benzene rings is 2. The molecule has 1 aliphatic heterocycles. The van der Waals surface area contributed by atoms with Gasteiger partial charge in [0.15, 0.2) is 6.61 Å². The normalized spacial score (nSPS) is 12.8. The van der Waals surface area contributed by atoms with Crippen molar-refractivity contribution in [2.45, 2.75) is 6.42 Å². The average Bonchev–Trinajstić information content (AvgIpc) is 2.61. The van der Waals surface area contributed by atoms with Crippen LogP contribution >= 0.6 is 11.6 Å². The number of amides is 2. The second-order valence-electron chi connectivity index (χ2n) is 5.41. The molecule has 0 saturated carbocycles. The minimum Gasteiger partial charge on any atom is -0.482 e. The van der Waals surface area contributed by atoms with Crippen molar-refractivity contribution in [1.29, 1.82) is 5.26 Å². The Morgan fingerprint density at radius 1 is 1.32 bits per heavy atom. The fourth-order valence-electron chi connectivity index (χ4n) is 2.52. The number of hydrogen-bond acceptors (Lipinski definition) is 4. The second-order valence-corrected chi connectivity index (χ2v) is 5.81. The van der Waals surface area contributed by atoms with Crippen LogP contribution in [0.25, 0.3) is 0 Å². The first kappa shape index (κ1) is 16.8. The molecule has 0 aromatic heterocycles. The van der Waals surface area contributed by atoms with Crippen LogP contribution in [-0.2, 0) is 9.59 Å². The topological polar surface area (TPSA) is 82.4 Å². The van der Waals surface area contributed by atoms with Crippen LogP contribution in [0, 0.1) is 11.3 Å². The summed E-state index contributed by atoms with van der Waals surface area (Å²) < 4.78 is 5.37. The number of nitriles is 1. The molecule has 0 unspecified atom stereocenters. The van der Waals surface area contributed by atoms with E-state index in [1.165, 1.54) is 6.07 Å². The highest BCUT2D eigenvalue weighted by Crippen LogP contribution is 2.31. The van der Waals surface area contributed by atoms with Gasteiger partial charge in [0.1, 0.15) is 11.8 Å². The molecule has 2 aromatic rings. The highest BCUT2D eigenvalue weighted by Gasteiger charge is 2.25. The lowest BCUT2D eigenvalue weighted by Crippen LogP contribution is -2.40. The molecule has 1 heterocycles. The van der Waals surface area contributed by atoms with E-state index in [0.717, 1.165) is 0 Å². The van der Waals surface area contributed by atoms with Crippen molar-refractivity contribution in [1.82, 2.24) is 0 Å². The van der Waals surface area contributed by atoms with Crippen LogP contribution in [0.3, 0.4) is 0 Å². The number of fused-ring (bicyclic) bond motifs is 1. The van der Waals surface area contributed by atoms with Gasteiger partial charge in [-0.3, -0.25) is 9.59 Å². The van der Waals surface area contributed by atoms with Gasteiger partial charge in [-0.2, -0.15) is 5.26 Å². The van der Waals surface area contributed by atoms with Crippen LogP contribution in [0.1, 0.15) is 12.0 Å². The highest BCUT2D eigenvalue weighted by molar-refractivity contribution is 6.32. The Labute approximate surface area is 149 Å². The van der Waals surface area contributed by atoms with E-state index in [9.17, 15) is 9.59 Å². The monoisotopic (exact) mass is 355 g/mol. The van der Waals surface area contributed by atoms with Gasteiger partial charge in [-0.15, -0.1) is 0 Å². The predicted molar refractivity (Wildman–Crippen MR) is 93.7 cm³/mol. The van der Waals surface area contributed by atoms with Crippen molar-refractivity contribution in [3.05, 3.63) is 53.1 Å². The Morgan fingerprint density at radius 2 is 2.12 bits per heavy atom. The molecule has 126 valence electrons. The number of para-hydroxylation sites is 2. The Kier molecular flexibility index (Phi) is 4.87. The molecule has 3 rings (SSSR count). The lowest BCUT2D eigenvalue weighted by Gasteiger charge is -2.29. The van der Waals surface area contributed by atoms with Gasteiger partial charge >= 0.3 is 0 Å². The lowest BCUT2D eigenvalue weighted by atomic mass is 10.2. The smallest absolute Gasteiger partial charge is 0.265 e. The molecular formula is C18H14ClN3O3. The number of nitrogens with zero attached hydrogens (tertiary/aromatic N) is 2. The van der Waals surface area contributed by atoms with Crippen LogP contribution in [0.15, 0.2) is 42.5 Å². The Bertz CT molecular complexity index is 876. The van der Waals surface area contributed by atoms with Gasteiger partial charge in [-0.05, 0) is 30.3 Å². The first-order valence-electron chi connectivity index (χ1n) is 7.60. The van der Waals surface area contributed by atoms with Gasteiger partial charge < -0.3 is 15.0 Å². The minimum absolute atomic E-state index is 0.0378. The summed E-state index contributed by atoms with van der Waals surface area (Å²) in [5.41, 5.74) is 1.51. The summed E-state index contributed by atoms with van der Waals surface area (Å²) >= 11 is 5.95. The Balaban J connectivity index is 1.64. The number of rotatable bonds is 4. The number of ether oxygens (including phenoxy) is 1. The Morgan fingerprint density at radius 3 is 2.88 bits per heavy atom. The van der Waals surface area contributed by atoms with E-state index in [0.29, 0.717) is 22.7 Å². The number of halogens is 1. The number of nitrogens with one attached hydrogen (secondary N) is 1. The maximum Gasteiger partial charge on any atom is 0.265 e. The van der Waals surface area contributed by atoms with Gasteiger partial charge in [-0.25, -0.2) is 0 Å². The molecule has 0 spiro atoms. The molecule has 0 fully saturated rings. The quantitative estimate of drug-likeness (QED) is 0.914. The maximum atomic E-state index is 12.2. The number of anilines is 2. The molecule has 0 bridgehead atoms.